The molecule has 0 spiro atoms. The predicted molar refractivity (Wildman–Crippen MR) is 126 cm³/mol. The van der Waals surface area contributed by atoms with Crippen LogP contribution in [-0.2, 0) is 0 Å². The summed E-state index contributed by atoms with van der Waals surface area (Å²) in [6.07, 6.45) is -3.19. The molecule has 0 amide bonds. The van der Waals surface area contributed by atoms with E-state index in [-0.39, 0.29) is 11.7 Å². The zero-order valence-electron chi connectivity index (χ0n) is 19.8. The largest absolute Gasteiger partial charge is 0.573 e. The Kier molecular flexibility index (Phi) is 8.24. The van der Waals surface area contributed by atoms with Gasteiger partial charge >= 0.3 is 6.36 Å². The van der Waals surface area contributed by atoms with E-state index in [0.29, 0.717) is 37.6 Å². The molecule has 1 aliphatic heterocycles. The van der Waals surface area contributed by atoms with Crippen LogP contribution < -0.4 is 14.8 Å². The molecule has 2 atom stereocenters. The van der Waals surface area contributed by atoms with Crippen molar-refractivity contribution in [1.82, 2.24) is 20.2 Å². The predicted octanol–water partition coefficient (Wildman–Crippen LogP) is 3.71. The van der Waals surface area contributed by atoms with Crippen LogP contribution >= 0.6 is 0 Å². The average Bonchev–Trinajstić information content (AvgIpc) is 2.85. The number of rotatable bonds is 9. The summed E-state index contributed by atoms with van der Waals surface area (Å²) in [5, 5.41) is 23.8. The third-order valence-corrected chi connectivity index (χ3v) is 6.12. The molecule has 1 aliphatic rings. The van der Waals surface area contributed by atoms with Crippen molar-refractivity contribution < 1.29 is 32.9 Å². The van der Waals surface area contributed by atoms with Crippen LogP contribution in [0, 0.1) is 0 Å². The second-order valence-electron chi connectivity index (χ2n) is 8.72. The van der Waals surface area contributed by atoms with Crippen molar-refractivity contribution in [3.63, 3.8) is 0 Å². The molecule has 2 aromatic carbocycles. The molecular weight excluding hydrogens is 477 g/mol. The summed E-state index contributed by atoms with van der Waals surface area (Å²) in [4.78, 5) is 10.8. The van der Waals surface area contributed by atoms with Crippen LogP contribution in [0.15, 0.2) is 48.8 Å². The Bertz CT molecular complexity index is 1140. The van der Waals surface area contributed by atoms with Gasteiger partial charge in [-0.15, -0.1) is 13.2 Å². The van der Waals surface area contributed by atoms with Gasteiger partial charge in [-0.3, -0.25) is 10.2 Å². The molecule has 11 heteroatoms. The first-order valence-electron chi connectivity index (χ1n) is 11.8. The number of aliphatic hydroxyl groups is 2. The lowest BCUT2D eigenvalue weighted by Crippen LogP contribution is -2.36. The lowest BCUT2D eigenvalue weighted by atomic mass is 9.90. The second kappa shape index (κ2) is 11.4. The van der Waals surface area contributed by atoms with E-state index in [9.17, 15) is 23.4 Å². The molecule has 8 nitrogen and oxygen atoms in total. The topological polar surface area (TPSA) is 100.0 Å². The highest BCUT2D eigenvalue weighted by Crippen LogP contribution is 2.34. The number of benzene rings is 2. The number of hydrogen-bond donors (Lipinski definition) is 3. The number of aromatic nitrogens is 2. The lowest BCUT2D eigenvalue weighted by molar-refractivity contribution is -0.274. The van der Waals surface area contributed by atoms with Crippen LogP contribution in [0.1, 0.15) is 43.2 Å². The highest BCUT2D eigenvalue weighted by Gasteiger charge is 2.31. The molecule has 0 radical (unpaired) electrons. The lowest BCUT2D eigenvalue weighted by Gasteiger charge is -2.35. The van der Waals surface area contributed by atoms with E-state index in [4.69, 9.17) is 4.74 Å². The smallest absolute Gasteiger partial charge is 0.492 e. The van der Waals surface area contributed by atoms with E-state index in [1.807, 2.05) is 23.1 Å². The van der Waals surface area contributed by atoms with Crippen molar-refractivity contribution in [2.75, 3.05) is 26.2 Å². The van der Waals surface area contributed by atoms with Gasteiger partial charge in [-0.05, 0) is 49.6 Å². The number of nitrogens with one attached hydrogen (secondary N) is 1. The minimum Gasteiger partial charge on any atom is -0.492 e. The Labute approximate surface area is 206 Å². The van der Waals surface area contributed by atoms with Crippen LogP contribution in [0.3, 0.4) is 0 Å². The zero-order chi connectivity index (χ0) is 25.7. The molecule has 0 aliphatic carbocycles. The van der Waals surface area contributed by atoms with Gasteiger partial charge in [0.25, 0.3) is 0 Å². The van der Waals surface area contributed by atoms with Crippen molar-refractivity contribution in [3.8, 4) is 11.5 Å². The molecule has 1 fully saturated rings. The molecule has 2 unspecified atom stereocenters. The number of fused-ring (bicyclic) bond motifs is 1. The van der Waals surface area contributed by atoms with Crippen LogP contribution in [0.4, 0.5) is 13.2 Å². The van der Waals surface area contributed by atoms with Gasteiger partial charge in [0.05, 0.1) is 11.2 Å². The number of alkyl halides is 3. The summed E-state index contributed by atoms with van der Waals surface area (Å²) in [7, 11) is 0. The average molecular weight is 507 g/mol. The Hall–Kier alpha value is -2.99. The second-order valence-corrected chi connectivity index (χ2v) is 8.72. The van der Waals surface area contributed by atoms with Gasteiger partial charge in [0.2, 0.25) is 0 Å². The van der Waals surface area contributed by atoms with Gasteiger partial charge in [-0.25, -0.2) is 9.97 Å². The maximum absolute atomic E-state index is 12.4. The fourth-order valence-electron chi connectivity index (χ4n) is 4.38. The van der Waals surface area contributed by atoms with Crippen LogP contribution in [0.2, 0.25) is 0 Å². The molecule has 194 valence electrons. The number of aliphatic hydroxyl groups excluding tert-OH is 2. The molecule has 2 heterocycles. The molecule has 3 N–H and O–H groups in total. The molecule has 0 bridgehead atoms. The van der Waals surface area contributed by atoms with E-state index < -0.39 is 18.8 Å². The van der Waals surface area contributed by atoms with Crippen molar-refractivity contribution in [1.29, 1.82) is 0 Å². The van der Waals surface area contributed by atoms with Crippen molar-refractivity contribution >= 4 is 10.9 Å². The fraction of sp³-hybridized carbons (Fsp3) is 0.440. The van der Waals surface area contributed by atoms with E-state index in [1.165, 1.54) is 24.3 Å². The number of piperidine rings is 1. The molecule has 1 saturated heterocycles. The highest BCUT2D eigenvalue weighted by atomic mass is 19.4. The van der Waals surface area contributed by atoms with Gasteiger partial charge in [0.15, 0.2) is 0 Å². The van der Waals surface area contributed by atoms with Gasteiger partial charge in [-0.1, -0.05) is 12.1 Å². The first-order chi connectivity index (χ1) is 17.2. The summed E-state index contributed by atoms with van der Waals surface area (Å²) in [5.74, 6) is 0.547. The minimum absolute atomic E-state index is 0.184. The SMILES string of the molecule is CC(O)NCCOc1ccc2c(C3CCN(C(O)c4ccc(OC(F)(F)F)cc4)CC3)ncnc2c1. The molecule has 3 aromatic rings. The summed E-state index contributed by atoms with van der Waals surface area (Å²) >= 11 is 0. The number of halogens is 3. The number of nitrogens with zero attached hydrogens (tertiary/aromatic N) is 3. The quantitative estimate of drug-likeness (QED) is 0.299. The summed E-state index contributed by atoms with van der Waals surface area (Å²) in [5.41, 5.74) is 2.24. The molecule has 1 aromatic heterocycles. The fourth-order valence-corrected chi connectivity index (χ4v) is 4.38. The van der Waals surface area contributed by atoms with Gasteiger partial charge in [-0.2, -0.15) is 0 Å². The first kappa shape index (κ1) is 26.1. The van der Waals surface area contributed by atoms with Crippen LogP contribution in [-0.4, -0.2) is 63.9 Å². The summed E-state index contributed by atoms with van der Waals surface area (Å²) in [6.45, 7) is 3.78. The summed E-state index contributed by atoms with van der Waals surface area (Å²) in [6, 6.07) is 11.0. The van der Waals surface area contributed by atoms with Gasteiger partial charge < -0.3 is 19.7 Å². The maximum atomic E-state index is 12.4. The van der Waals surface area contributed by atoms with Crippen LogP contribution in [0.25, 0.3) is 10.9 Å². The highest BCUT2D eigenvalue weighted by molar-refractivity contribution is 5.82. The van der Waals surface area contributed by atoms with E-state index in [0.717, 1.165) is 29.4 Å². The molecule has 0 saturated carbocycles. The number of hydrogen-bond acceptors (Lipinski definition) is 8. The Morgan fingerprint density at radius 1 is 1.06 bits per heavy atom. The van der Waals surface area contributed by atoms with Gasteiger partial charge in [0.1, 0.15) is 36.9 Å². The third-order valence-electron chi connectivity index (χ3n) is 6.12. The first-order valence-corrected chi connectivity index (χ1v) is 11.8. The van der Waals surface area contributed by atoms with E-state index in [2.05, 4.69) is 20.0 Å². The minimum atomic E-state index is -4.75. The van der Waals surface area contributed by atoms with Crippen molar-refractivity contribution in [2.45, 2.75) is 44.5 Å². The summed E-state index contributed by atoms with van der Waals surface area (Å²) < 4.78 is 46.7. The molecular formula is C25H29F3N4O4. The Morgan fingerprint density at radius 2 is 1.75 bits per heavy atom. The Morgan fingerprint density at radius 3 is 2.42 bits per heavy atom. The van der Waals surface area contributed by atoms with Crippen molar-refractivity contribution in [2.24, 2.45) is 0 Å². The maximum Gasteiger partial charge on any atom is 0.573 e. The van der Waals surface area contributed by atoms with E-state index in [1.54, 1.807) is 13.3 Å². The normalized spacial score (nSPS) is 17.2. The molecule has 36 heavy (non-hydrogen) atoms. The zero-order valence-corrected chi connectivity index (χ0v) is 19.8. The van der Waals surface area contributed by atoms with Gasteiger partial charge in [0, 0.05) is 37.0 Å². The number of likely N-dealkylation sites (tertiary alicyclic amines) is 1. The monoisotopic (exact) mass is 506 g/mol. The third kappa shape index (κ3) is 6.82. The van der Waals surface area contributed by atoms with Crippen molar-refractivity contribution in [3.05, 3.63) is 60.0 Å². The Balaban J connectivity index is 1.36. The molecule has 4 rings (SSSR count). The van der Waals surface area contributed by atoms with Crippen LogP contribution in [0.5, 0.6) is 11.5 Å². The number of ether oxygens (including phenoxy) is 2. The standard InChI is InChI=1S/C25H29F3N4O4/c1-16(33)29-10-13-35-20-6-7-21-22(14-20)30-15-31-23(21)17-8-11-32(12-9-17)24(34)18-2-4-19(5-3-18)36-25(26,27)28/h2-7,14-17,24,29,33-34H,8-13H2,1H3. The van der Waals surface area contributed by atoms with E-state index >= 15 is 0 Å².